The molecule has 1 aromatic rings. The zero-order valence-electron chi connectivity index (χ0n) is 11.7. The largest absolute Gasteiger partial charge is 0.315 e. The van der Waals surface area contributed by atoms with Crippen LogP contribution in [0.25, 0.3) is 0 Å². The molecule has 1 aromatic carbocycles. The number of rotatable bonds is 8. The Morgan fingerprint density at radius 3 is 2.44 bits per heavy atom. The van der Waals surface area contributed by atoms with Gasteiger partial charge >= 0.3 is 0 Å². The van der Waals surface area contributed by atoms with Gasteiger partial charge < -0.3 is 10.2 Å². The Balaban J connectivity index is 2.13. The maximum absolute atomic E-state index is 3.47. The lowest BCUT2D eigenvalue weighted by Crippen LogP contribution is -2.32. The molecule has 102 valence electrons. The average molecular weight is 313 g/mol. The van der Waals surface area contributed by atoms with Crippen molar-refractivity contribution < 1.29 is 0 Å². The minimum Gasteiger partial charge on any atom is -0.315 e. The van der Waals surface area contributed by atoms with Crippen LogP contribution in [0, 0.1) is 5.92 Å². The fourth-order valence-electron chi connectivity index (χ4n) is 1.74. The van der Waals surface area contributed by atoms with Crippen molar-refractivity contribution in [2.24, 2.45) is 5.92 Å². The number of hydrogen-bond acceptors (Lipinski definition) is 2. The number of likely N-dealkylation sites (N-methyl/N-ethyl adjacent to an activating group) is 1. The van der Waals surface area contributed by atoms with Crippen LogP contribution >= 0.6 is 15.9 Å². The molecule has 1 N–H and O–H groups in total. The van der Waals surface area contributed by atoms with E-state index in [1.807, 2.05) is 0 Å². The van der Waals surface area contributed by atoms with E-state index in [0.717, 1.165) is 43.0 Å². The van der Waals surface area contributed by atoms with Crippen LogP contribution in [-0.2, 0) is 6.42 Å². The second-order valence-corrected chi connectivity index (χ2v) is 6.19. The van der Waals surface area contributed by atoms with Gasteiger partial charge in [-0.25, -0.2) is 0 Å². The molecular weight excluding hydrogens is 288 g/mol. The minimum atomic E-state index is 0.734. The van der Waals surface area contributed by atoms with E-state index in [1.165, 1.54) is 5.56 Å². The first-order valence-corrected chi connectivity index (χ1v) is 7.51. The van der Waals surface area contributed by atoms with Crippen LogP contribution in [0.4, 0.5) is 0 Å². The molecule has 0 saturated carbocycles. The van der Waals surface area contributed by atoms with Crippen molar-refractivity contribution in [1.82, 2.24) is 10.2 Å². The van der Waals surface area contributed by atoms with E-state index in [0.29, 0.717) is 0 Å². The fraction of sp³-hybridized carbons (Fsp3) is 0.600. The lowest BCUT2D eigenvalue weighted by molar-refractivity contribution is 0.332. The molecule has 0 aliphatic heterocycles. The number of nitrogens with one attached hydrogen (secondary N) is 1. The molecule has 0 heterocycles. The summed E-state index contributed by atoms with van der Waals surface area (Å²) in [5, 5.41) is 3.47. The highest BCUT2D eigenvalue weighted by Gasteiger charge is 2.00. The first-order chi connectivity index (χ1) is 8.58. The Morgan fingerprint density at radius 2 is 1.83 bits per heavy atom. The van der Waals surface area contributed by atoms with Gasteiger partial charge in [0.25, 0.3) is 0 Å². The summed E-state index contributed by atoms with van der Waals surface area (Å²) in [6.45, 7) is 8.90. The van der Waals surface area contributed by atoms with E-state index >= 15 is 0 Å². The quantitative estimate of drug-likeness (QED) is 0.742. The third-order valence-corrected chi connectivity index (χ3v) is 3.45. The van der Waals surface area contributed by atoms with Gasteiger partial charge in [-0.05, 0) is 43.6 Å². The van der Waals surface area contributed by atoms with Gasteiger partial charge in [-0.3, -0.25) is 0 Å². The summed E-state index contributed by atoms with van der Waals surface area (Å²) in [7, 11) is 2.19. The molecule has 0 aliphatic carbocycles. The Labute approximate surface area is 120 Å². The van der Waals surface area contributed by atoms with Gasteiger partial charge in [-0.1, -0.05) is 41.9 Å². The molecule has 0 amide bonds. The van der Waals surface area contributed by atoms with Gasteiger partial charge in [0.05, 0.1) is 0 Å². The predicted octanol–water partition coefficient (Wildman–Crippen LogP) is 3.17. The normalized spacial score (nSPS) is 11.4. The summed E-state index contributed by atoms with van der Waals surface area (Å²) in [5.74, 6) is 0.734. The third-order valence-electron chi connectivity index (χ3n) is 2.92. The fourth-order valence-corrected chi connectivity index (χ4v) is 2.01. The van der Waals surface area contributed by atoms with E-state index in [9.17, 15) is 0 Å². The summed E-state index contributed by atoms with van der Waals surface area (Å²) in [4.78, 5) is 2.38. The SMILES string of the molecule is CC(C)CNCCN(C)CCc1ccc(Br)cc1. The standard InChI is InChI=1S/C15H25BrN2/c1-13(2)12-17-9-11-18(3)10-8-14-4-6-15(16)7-5-14/h4-7,13,17H,8-12H2,1-3H3. The van der Waals surface area contributed by atoms with Gasteiger partial charge in [-0.15, -0.1) is 0 Å². The number of halogens is 1. The van der Waals surface area contributed by atoms with E-state index in [1.54, 1.807) is 0 Å². The highest BCUT2D eigenvalue weighted by molar-refractivity contribution is 9.10. The molecule has 18 heavy (non-hydrogen) atoms. The van der Waals surface area contributed by atoms with Gasteiger partial charge in [0.15, 0.2) is 0 Å². The van der Waals surface area contributed by atoms with Crippen molar-refractivity contribution in [2.75, 3.05) is 33.2 Å². The smallest absolute Gasteiger partial charge is 0.0175 e. The molecule has 0 bridgehead atoms. The van der Waals surface area contributed by atoms with Crippen LogP contribution in [0.5, 0.6) is 0 Å². The van der Waals surface area contributed by atoms with E-state index < -0.39 is 0 Å². The maximum Gasteiger partial charge on any atom is 0.0175 e. The number of nitrogens with zero attached hydrogens (tertiary/aromatic N) is 1. The summed E-state index contributed by atoms with van der Waals surface area (Å²) in [5.41, 5.74) is 1.40. The van der Waals surface area contributed by atoms with Crippen molar-refractivity contribution in [3.8, 4) is 0 Å². The Bertz CT molecular complexity index is 322. The summed E-state index contributed by atoms with van der Waals surface area (Å²) in [6.07, 6.45) is 1.12. The second kappa shape index (κ2) is 8.68. The lowest BCUT2D eigenvalue weighted by Gasteiger charge is -2.17. The molecule has 0 spiro atoms. The van der Waals surface area contributed by atoms with Crippen molar-refractivity contribution in [3.05, 3.63) is 34.3 Å². The lowest BCUT2D eigenvalue weighted by atomic mass is 10.1. The molecular formula is C15H25BrN2. The minimum absolute atomic E-state index is 0.734. The van der Waals surface area contributed by atoms with Crippen LogP contribution in [0.3, 0.4) is 0 Å². The highest BCUT2D eigenvalue weighted by atomic mass is 79.9. The number of benzene rings is 1. The van der Waals surface area contributed by atoms with Crippen molar-refractivity contribution in [2.45, 2.75) is 20.3 Å². The maximum atomic E-state index is 3.47. The van der Waals surface area contributed by atoms with Crippen LogP contribution in [0.15, 0.2) is 28.7 Å². The van der Waals surface area contributed by atoms with Gasteiger partial charge in [0, 0.05) is 24.1 Å². The van der Waals surface area contributed by atoms with Gasteiger partial charge in [-0.2, -0.15) is 0 Å². The predicted molar refractivity (Wildman–Crippen MR) is 83.1 cm³/mol. The third kappa shape index (κ3) is 7.14. The van der Waals surface area contributed by atoms with Crippen LogP contribution in [0.1, 0.15) is 19.4 Å². The average Bonchev–Trinajstić information content (AvgIpc) is 2.34. The van der Waals surface area contributed by atoms with Crippen LogP contribution in [0.2, 0.25) is 0 Å². The van der Waals surface area contributed by atoms with Crippen molar-refractivity contribution in [1.29, 1.82) is 0 Å². The van der Waals surface area contributed by atoms with E-state index in [4.69, 9.17) is 0 Å². The molecule has 0 atom stereocenters. The topological polar surface area (TPSA) is 15.3 Å². The number of hydrogen-bond donors (Lipinski definition) is 1. The molecule has 3 heteroatoms. The molecule has 0 fully saturated rings. The van der Waals surface area contributed by atoms with E-state index in [-0.39, 0.29) is 0 Å². The molecule has 1 rings (SSSR count). The Hall–Kier alpha value is -0.380. The molecule has 0 unspecified atom stereocenters. The molecule has 0 saturated heterocycles. The molecule has 0 aliphatic rings. The summed E-state index contributed by atoms with van der Waals surface area (Å²) in [6, 6.07) is 8.60. The Morgan fingerprint density at radius 1 is 1.17 bits per heavy atom. The summed E-state index contributed by atoms with van der Waals surface area (Å²) >= 11 is 3.46. The highest BCUT2D eigenvalue weighted by Crippen LogP contribution is 2.10. The van der Waals surface area contributed by atoms with Crippen LogP contribution in [-0.4, -0.2) is 38.1 Å². The summed E-state index contributed by atoms with van der Waals surface area (Å²) < 4.78 is 1.15. The molecule has 0 aromatic heterocycles. The van der Waals surface area contributed by atoms with Gasteiger partial charge in [0.2, 0.25) is 0 Å². The molecule has 2 nitrogen and oxygen atoms in total. The first-order valence-electron chi connectivity index (χ1n) is 6.71. The Kier molecular flexibility index (Phi) is 7.56. The molecule has 0 radical (unpaired) electrons. The zero-order chi connectivity index (χ0) is 13.4. The van der Waals surface area contributed by atoms with Gasteiger partial charge in [0.1, 0.15) is 0 Å². The first kappa shape index (κ1) is 15.7. The van der Waals surface area contributed by atoms with Crippen molar-refractivity contribution >= 4 is 15.9 Å². The monoisotopic (exact) mass is 312 g/mol. The zero-order valence-corrected chi connectivity index (χ0v) is 13.3. The van der Waals surface area contributed by atoms with E-state index in [2.05, 4.69) is 71.3 Å². The van der Waals surface area contributed by atoms with Crippen molar-refractivity contribution in [3.63, 3.8) is 0 Å². The van der Waals surface area contributed by atoms with Crippen LogP contribution < -0.4 is 5.32 Å². The second-order valence-electron chi connectivity index (χ2n) is 5.28.